The van der Waals surface area contributed by atoms with Crippen molar-refractivity contribution in [3.05, 3.63) is 106 Å². The fourth-order valence-corrected chi connectivity index (χ4v) is 4.18. The predicted molar refractivity (Wildman–Crippen MR) is 159 cm³/mol. The van der Waals surface area contributed by atoms with Crippen molar-refractivity contribution in [1.29, 1.82) is 0 Å². The molecule has 2 aliphatic rings. The molecule has 0 saturated carbocycles. The molecule has 0 amide bonds. The van der Waals surface area contributed by atoms with Gasteiger partial charge in [0, 0.05) is 28.5 Å². The molecule has 3 aromatic carbocycles. The summed E-state index contributed by atoms with van der Waals surface area (Å²) in [5, 5.41) is 16.9. The van der Waals surface area contributed by atoms with Gasteiger partial charge in [0.15, 0.2) is 0 Å². The summed E-state index contributed by atoms with van der Waals surface area (Å²) in [6.07, 6.45) is 1.98. The third-order valence-corrected chi connectivity index (χ3v) is 6.10. The van der Waals surface area contributed by atoms with Crippen molar-refractivity contribution >= 4 is 41.1 Å². The molecule has 3 aromatic rings. The highest BCUT2D eigenvalue weighted by Crippen LogP contribution is 2.23. The number of carbonyl (C=O) groups is 3. The van der Waals surface area contributed by atoms with E-state index in [0.29, 0.717) is 41.3 Å². The van der Waals surface area contributed by atoms with E-state index in [1.807, 2.05) is 0 Å². The minimum absolute atomic E-state index is 0.106. The lowest BCUT2D eigenvalue weighted by atomic mass is 10.0. The molecular formula is C32H30F3N3O6. The molecule has 0 spiro atoms. The van der Waals surface area contributed by atoms with E-state index >= 15 is 0 Å². The van der Waals surface area contributed by atoms with Crippen molar-refractivity contribution in [3.63, 3.8) is 0 Å². The van der Waals surface area contributed by atoms with Gasteiger partial charge in [-0.05, 0) is 73.5 Å². The number of carboxylic acids is 2. The molecule has 0 aliphatic carbocycles. The normalized spacial score (nSPS) is 12.7. The summed E-state index contributed by atoms with van der Waals surface area (Å²) in [4.78, 5) is 40.4. The summed E-state index contributed by atoms with van der Waals surface area (Å²) in [7, 11) is 0. The number of nitrogens with zero attached hydrogens (tertiary/aromatic N) is 2. The number of fused-ring (bicyclic) bond motifs is 2. The molecule has 0 atom stereocenters. The first kappa shape index (κ1) is 33.2. The average molecular weight is 610 g/mol. The van der Waals surface area contributed by atoms with Crippen LogP contribution in [0.3, 0.4) is 0 Å². The van der Waals surface area contributed by atoms with Crippen LogP contribution in [0.2, 0.25) is 0 Å². The van der Waals surface area contributed by atoms with Gasteiger partial charge in [0.1, 0.15) is 17.5 Å². The minimum atomic E-state index is -1.09. The monoisotopic (exact) mass is 609 g/mol. The van der Waals surface area contributed by atoms with E-state index in [1.165, 1.54) is 48.5 Å². The molecule has 4 N–H and O–H groups in total. The van der Waals surface area contributed by atoms with Crippen LogP contribution in [0.5, 0.6) is 0 Å². The van der Waals surface area contributed by atoms with Crippen LogP contribution in [0.4, 0.5) is 18.9 Å². The van der Waals surface area contributed by atoms with Crippen molar-refractivity contribution in [2.75, 3.05) is 5.73 Å². The number of nitrogen functional groups attached to an aromatic ring is 1. The van der Waals surface area contributed by atoms with Crippen LogP contribution in [0.1, 0.15) is 54.5 Å². The fraction of sp³-hybridized carbons (Fsp3) is 0.219. The molecule has 0 bridgehead atoms. The van der Waals surface area contributed by atoms with E-state index in [4.69, 9.17) is 20.7 Å². The molecular weight excluding hydrogens is 579 g/mol. The first-order valence-corrected chi connectivity index (χ1v) is 13.3. The van der Waals surface area contributed by atoms with Crippen molar-refractivity contribution in [2.24, 2.45) is 9.98 Å². The van der Waals surface area contributed by atoms with Crippen molar-refractivity contribution in [1.82, 2.24) is 0 Å². The second-order valence-electron chi connectivity index (χ2n) is 9.86. The number of anilines is 1. The average Bonchev–Trinajstić information content (AvgIpc) is 3.52. The number of rotatable bonds is 7. The van der Waals surface area contributed by atoms with E-state index < -0.39 is 17.8 Å². The summed E-state index contributed by atoms with van der Waals surface area (Å²) < 4.78 is 43.7. The number of aliphatic carboxylic acids is 2. The molecule has 44 heavy (non-hydrogen) atoms. The lowest BCUT2D eigenvalue weighted by Crippen LogP contribution is -2.15. The van der Waals surface area contributed by atoms with Crippen LogP contribution in [-0.2, 0) is 32.2 Å². The first-order chi connectivity index (χ1) is 20.8. The Hall–Kier alpha value is -5.26. The van der Waals surface area contributed by atoms with Crippen LogP contribution in [-0.4, -0.2) is 45.6 Å². The molecule has 2 aliphatic heterocycles. The van der Waals surface area contributed by atoms with Gasteiger partial charge in [0.25, 0.3) is 0 Å². The van der Waals surface area contributed by atoms with Crippen molar-refractivity contribution < 1.29 is 42.5 Å². The zero-order valence-corrected chi connectivity index (χ0v) is 23.9. The minimum Gasteiger partial charge on any atom is -0.481 e. The van der Waals surface area contributed by atoms with Crippen molar-refractivity contribution in [3.8, 4) is 0 Å². The summed E-state index contributed by atoms with van der Waals surface area (Å²) in [6, 6.07) is 12.6. The van der Waals surface area contributed by atoms with Crippen LogP contribution >= 0.6 is 0 Å². The number of ether oxygens (including phenoxy) is 1. The second-order valence-corrected chi connectivity index (χ2v) is 9.86. The summed E-state index contributed by atoms with van der Waals surface area (Å²) in [5.41, 5.74) is 10.5. The lowest BCUT2D eigenvalue weighted by molar-refractivity contribution is -0.145. The SMILES string of the molecule is CC(C)OC(=O)CC1=NCc2ccc(F)cc21.Nc1ccc(F)cc1/C=C/C(=O)O.O=C(O)CC1=NCc2ccc(F)cc21. The molecule has 0 unspecified atom stereocenters. The number of esters is 1. The standard InChI is InChI=1S/C13H14FNO2.C10H8FNO2.C9H8FNO2/c1-8(2)17-13(16)6-12-11-5-10(14)4-3-9(11)7-15-12;11-7-2-1-6-5-12-9(4-10(13)14)8(6)3-7;10-7-2-3-8(11)6(5-7)1-4-9(12)13/h3-5,8H,6-7H2,1-2H3;1-3H,4-5H2,(H,13,14);1-5H,11H2,(H,12,13)/b;;4-1+. The highest BCUT2D eigenvalue weighted by molar-refractivity contribution is 6.12. The number of carboxylic acid groups (broad SMARTS) is 2. The first-order valence-electron chi connectivity index (χ1n) is 13.3. The Bertz CT molecular complexity index is 1650. The Kier molecular flexibility index (Phi) is 11.5. The predicted octanol–water partition coefficient (Wildman–Crippen LogP) is 5.58. The van der Waals surface area contributed by atoms with Crippen LogP contribution in [0.25, 0.3) is 6.08 Å². The van der Waals surface area contributed by atoms with Gasteiger partial charge in [-0.3, -0.25) is 19.6 Å². The molecule has 230 valence electrons. The maximum absolute atomic E-state index is 13.1. The number of hydrogen-bond donors (Lipinski definition) is 3. The van der Waals surface area contributed by atoms with Crippen LogP contribution in [0.15, 0.2) is 70.7 Å². The topological polar surface area (TPSA) is 152 Å². The van der Waals surface area contributed by atoms with Crippen LogP contribution < -0.4 is 5.73 Å². The molecule has 0 saturated heterocycles. The van der Waals surface area contributed by atoms with E-state index in [9.17, 15) is 27.6 Å². The number of aliphatic imine (C=N–C) groups is 2. The number of nitrogens with two attached hydrogens (primary N) is 1. The molecule has 0 aromatic heterocycles. The van der Waals surface area contributed by atoms with E-state index in [1.54, 1.807) is 26.0 Å². The van der Waals surface area contributed by atoms with Gasteiger partial charge >= 0.3 is 17.9 Å². The Labute approximate surface area is 251 Å². The maximum atomic E-state index is 13.1. The summed E-state index contributed by atoms with van der Waals surface area (Å²) in [5.74, 6) is -3.47. The Morgan fingerprint density at radius 1 is 0.841 bits per heavy atom. The van der Waals surface area contributed by atoms with Gasteiger partial charge in [0.2, 0.25) is 0 Å². The summed E-state index contributed by atoms with van der Waals surface area (Å²) in [6.45, 7) is 4.56. The number of benzene rings is 3. The largest absolute Gasteiger partial charge is 0.481 e. The Morgan fingerprint density at radius 2 is 1.34 bits per heavy atom. The highest BCUT2D eigenvalue weighted by atomic mass is 19.1. The smallest absolute Gasteiger partial charge is 0.328 e. The second kappa shape index (κ2) is 15.3. The van der Waals surface area contributed by atoms with Gasteiger partial charge in [0.05, 0.1) is 43.5 Å². The van der Waals surface area contributed by atoms with Gasteiger partial charge in [-0.25, -0.2) is 18.0 Å². The Balaban J connectivity index is 0.000000182. The Morgan fingerprint density at radius 3 is 1.84 bits per heavy atom. The maximum Gasteiger partial charge on any atom is 0.328 e. The number of carbonyl (C=O) groups excluding carboxylic acids is 1. The molecule has 5 rings (SSSR count). The molecule has 0 radical (unpaired) electrons. The van der Waals surface area contributed by atoms with E-state index in [-0.39, 0.29) is 36.5 Å². The van der Waals surface area contributed by atoms with Gasteiger partial charge in [-0.2, -0.15) is 0 Å². The van der Waals surface area contributed by atoms with Crippen molar-refractivity contribution in [2.45, 2.75) is 45.9 Å². The van der Waals surface area contributed by atoms with Gasteiger partial charge < -0.3 is 20.7 Å². The third-order valence-electron chi connectivity index (χ3n) is 6.10. The number of hydrogen-bond acceptors (Lipinski definition) is 7. The zero-order valence-electron chi connectivity index (χ0n) is 23.9. The van der Waals surface area contributed by atoms with Gasteiger partial charge in [-0.15, -0.1) is 0 Å². The van der Waals surface area contributed by atoms with E-state index in [0.717, 1.165) is 22.8 Å². The zero-order chi connectivity index (χ0) is 32.4. The third kappa shape index (κ3) is 9.93. The molecule has 12 heteroatoms. The quantitative estimate of drug-likeness (QED) is 0.180. The fourth-order valence-electron chi connectivity index (χ4n) is 4.18. The number of halogens is 3. The molecule has 2 heterocycles. The van der Waals surface area contributed by atoms with Crippen LogP contribution in [0, 0.1) is 17.5 Å². The lowest BCUT2D eigenvalue weighted by Gasteiger charge is -2.08. The highest BCUT2D eigenvalue weighted by Gasteiger charge is 2.20. The van der Waals surface area contributed by atoms with Gasteiger partial charge in [-0.1, -0.05) is 12.1 Å². The summed E-state index contributed by atoms with van der Waals surface area (Å²) >= 11 is 0. The van der Waals surface area contributed by atoms with E-state index in [2.05, 4.69) is 9.98 Å². The molecule has 9 nitrogen and oxygen atoms in total. The molecule has 0 fully saturated rings.